The minimum atomic E-state index is -0.0461. The zero-order valence-corrected chi connectivity index (χ0v) is 14.8. The van der Waals surface area contributed by atoms with Crippen molar-refractivity contribution in [2.45, 2.75) is 45.1 Å². The van der Waals surface area contributed by atoms with E-state index in [0.717, 1.165) is 42.9 Å². The highest BCUT2D eigenvalue weighted by atomic mass is 16.2. The lowest BCUT2D eigenvalue weighted by Gasteiger charge is -2.47. The number of aliphatic imine (C=N–C) groups is 1. The number of anilines is 1. The molecule has 5 nitrogen and oxygen atoms in total. The normalized spacial score (nSPS) is 25.4. The first-order chi connectivity index (χ1) is 12.1. The largest absolute Gasteiger partial charge is 0.365 e. The number of benzene rings is 1. The molecule has 3 aliphatic rings. The monoisotopic (exact) mass is 336 g/mol. The lowest BCUT2D eigenvalue weighted by atomic mass is 9.86. The predicted octanol–water partition coefficient (Wildman–Crippen LogP) is 3.37. The Hall–Kier alpha value is -2.56. The van der Waals surface area contributed by atoms with Crippen molar-refractivity contribution in [3.8, 4) is 0 Å². The molecule has 1 aromatic rings. The van der Waals surface area contributed by atoms with E-state index >= 15 is 0 Å². The van der Waals surface area contributed by atoms with Crippen LogP contribution in [0.3, 0.4) is 0 Å². The Kier molecular flexibility index (Phi) is 3.86. The highest BCUT2D eigenvalue weighted by molar-refractivity contribution is 6.44. The number of rotatable bonds is 3. The van der Waals surface area contributed by atoms with Crippen molar-refractivity contribution < 1.29 is 4.79 Å². The minimum Gasteiger partial charge on any atom is -0.365 e. The third-order valence-corrected chi connectivity index (χ3v) is 5.20. The smallest absolute Gasteiger partial charge is 0.298 e. The molecule has 0 aliphatic carbocycles. The van der Waals surface area contributed by atoms with E-state index in [0.29, 0.717) is 12.4 Å². The highest BCUT2D eigenvalue weighted by Gasteiger charge is 2.43. The van der Waals surface area contributed by atoms with Crippen molar-refractivity contribution in [3.05, 3.63) is 54.1 Å². The molecular weight excluding hydrogens is 312 g/mol. The molecule has 0 fully saturated rings. The van der Waals surface area contributed by atoms with Crippen LogP contribution < -0.4 is 10.2 Å². The van der Waals surface area contributed by atoms with Crippen molar-refractivity contribution in [3.63, 3.8) is 0 Å². The van der Waals surface area contributed by atoms with Crippen LogP contribution in [0, 0.1) is 0 Å². The fourth-order valence-corrected chi connectivity index (χ4v) is 3.99. The van der Waals surface area contributed by atoms with Crippen LogP contribution in [0.25, 0.3) is 0 Å². The summed E-state index contributed by atoms with van der Waals surface area (Å²) in [6.07, 6.45) is 7.87. The van der Waals surface area contributed by atoms with Gasteiger partial charge in [0.15, 0.2) is 0 Å². The highest BCUT2D eigenvalue weighted by Crippen LogP contribution is 2.37. The maximum Gasteiger partial charge on any atom is 0.298 e. The average Bonchev–Trinajstić information content (AvgIpc) is 2.64. The summed E-state index contributed by atoms with van der Waals surface area (Å²) in [6.45, 7) is 5.18. The van der Waals surface area contributed by atoms with E-state index in [1.165, 1.54) is 0 Å². The van der Waals surface area contributed by atoms with Gasteiger partial charge in [0.25, 0.3) is 5.91 Å². The summed E-state index contributed by atoms with van der Waals surface area (Å²) in [5.41, 5.74) is 2.01. The number of allylic oxidation sites excluding steroid dienone is 1. The van der Waals surface area contributed by atoms with E-state index in [9.17, 15) is 4.79 Å². The SMILES string of the molecule is CCCC1(C)CCC2=C(N1)N1CC=CN=C1C(=O)N2c1ccccc1. The maximum absolute atomic E-state index is 13.2. The van der Waals surface area contributed by atoms with Crippen molar-refractivity contribution in [1.29, 1.82) is 0 Å². The summed E-state index contributed by atoms with van der Waals surface area (Å²) in [5, 5.41) is 3.75. The molecule has 3 aliphatic heterocycles. The van der Waals surface area contributed by atoms with Crippen LogP contribution in [0.4, 0.5) is 5.69 Å². The number of carbonyl (C=O) groups is 1. The Bertz CT molecular complexity index is 780. The van der Waals surface area contributed by atoms with Crippen molar-refractivity contribution in [2.24, 2.45) is 4.99 Å². The van der Waals surface area contributed by atoms with Gasteiger partial charge in [-0.15, -0.1) is 0 Å². The molecule has 4 rings (SSSR count). The molecule has 1 unspecified atom stereocenters. The number of nitrogens with one attached hydrogen (secondary N) is 1. The van der Waals surface area contributed by atoms with Crippen molar-refractivity contribution in [2.75, 3.05) is 11.4 Å². The molecule has 0 saturated heterocycles. The molecule has 0 bridgehead atoms. The molecule has 1 N–H and O–H groups in total. The van der Waals surface area contributed by atoms with Crippen LogP contribution in [0.2, 0.25) is 0 Å². The second-order valence-corrected chi connectivity index (χ2v) is 7.16. The lowest BCUT2D eigenvalue weighted by molar-refractivity contribution is -0.113. The first kappa shape index (κ1) is 15.9. The summed E-state index contributed by atoms with van der Waals surface area (Å²) < 4.78 is 0. The number of carbonyl (C=O) groups excluding carboxylic acids is 1. The van der Waals surface area contributed by atoms with Crippen LogP contribution in [-0.2, 0) is 4.79 Å². The zero-order valence-electron chi connectivity index (χ0n) is 14.8. The van der Waals surface area contributed by atoms with Gasteiger partial charge in [0.05, 0.1) is 5.70 Å². The molecule has 130 valence electrons. The van der Waals surface area contributed by atoms with E-state index in [1.54, 1.807) is 6.20 Å². The molecule has 1 amide bonds. The van der Waals surface area contributed by atoms with Crippen LogP contribution in [0.5, 0.6) is 0 Å². The van der Waals surface area contributed by atoms with Gasteiger partial charge in [-0.05, 0) is 44.4 Å². The van der Waals surface area contributed by atoms with Gasteiger partial charge in [-0.1, -0.05) is 31.5 Å². The third-order valence-electron chi connectivity index (χ3n) is 5.20. The van der Waals surface area contributed by atoms with E-state index in [-0.39, 0.29) is 11.4 Å². The van der Waals surface area contributed by atoms with Gasteiger partial charge in [-0.25, -0.2) is 4.99 Å². The zero-order chi connectivity index (χ0) is 17.4. The Labute approximate surface area is 148 Å². The van der Waals surface area contributed by atoms with Gasteiger partial charge >= 0.3 is 0 Å². The summed E-state index contributed by atoms with van der Waals surface area (Å²) in [4.78, 5) is 21.4. The number of fused-ring (bicyclic) bond motifs is 2. The van der Waals surface area contributed by atoms with Crippen LogP contribution in [0.1, 0.15) is 39.5 Å². The van der Waals surface area contributed by atoms with Crippen LogP contribution in [-0.4, -0.2) is 28.7 Å². The molecule has 25 heavy (non-hydrogen) atoms. The van der Waals surface area contributed by atoms with Crippen molar-refractivity contribution in [1.82, 2.24) is 10.2 Å². The predicted molar refractivity (Wildman–Crippen MR) is 99.9 cm³/mol. The summed E-state index contributed by atoms with van der Waals surface area (Å²) in [7, 11) is 0. The number of para-hydroxylation sites is 1. The lowest BCUT2D eigenvalue weighted by Crippen LogP contribution is -2.59. The van der Waals surface area contributed by atoms with Crippen LogP contribution in [0.15, 0.2) is 59.1 Å². The Morgan fingerprint density at radius 1 is 1.28 bits per heavy atom. The van der Waals surface area contributed by atoms with E-state index in [2.05, 4.69) is 24.2 Å². The van der Waals surface area contributed by atoms with E-state index in [1.807, 2.05) is 46.2 Å². The van der Waals surface area contributed by atoms with Crippen LogP contribution >= 0.6 is 0 Å². The Morgan fingerprint density at radius 2 is 2.08 bits per heavy atom. The second-order valence-electron chi connectivity index (χ2n) is 7.16. The first-order valence-electron chi connectivity index (χ1n) is 9.04. The van der Waals surface area contributed by atoms with Gasteiger partial charge in [-0.3, -0.25) is 9.69 Å². The standard InChI is InChI=1S/C20H24N4O/c1-3-11-20(2)12-10-16-17(22-20)23-14-7-13-21-18(23)19(25)24(16)15-8-5-4-6-9-15/h4-9,13,22H,3,10-12,14H2,1-2H3. The summed E-state index contributed by atoms with van der Waals surface area (Å²) >= 11 is 0. The number of nitrogens with zero attached hydrogens (tertiary/aromatic N) is 3. The first-order valence-corrected chi connectivity index (χ1v) is 9.04. The average molecular weight is 336 g/mol. The van der Waals surface area contributed by atoms with Gasteiger partial charge < -0.3 is 10.2 Å². The quantitative estimate of drug-likeness (QED) is 0.920. The molecule has 0 saturated carbocycles. The molecule has 0 radical (unpaired) electrons. The third kappa shape index (κ3) is 2.64. The molecule has 0 aromatic heterocycles. The fourth-order valence-electron chi connectivity index (χ4n) is 3.99. The van der Waals surface area contributed by atoms with Gasteiger partial charge in [-0.2, -0.15) is 0 Å². The molecule has 3 heterocycles. The Balaban J connectivity index is 1.83. The van der Waals surface area contributed by atoms with E-state index in [4.69, 9.17) is 0 Å². The van der Waals surface area contributed by atoms with Gasteiger partial charge in [0.2, 0.25) is 5.84 Å². The van der Waals surface area contributed by atoms with E-state index < -0.39 is 0 Å². The molecule has 0 spiro atoms. The number of hydrogen-bond acceptors (Lipinski definition) is 4. The number of amidine groups is 1. The topological polar surface area (TPSA) is 47.9 Å². The molecular formula is C20H24N4O. The summed E-state index contributed by atoms with van der Waals surface area (Å²) in [5.74, 6) is 1.49. The Morgan fingerprint density at radius 3 is 2.84 bits per heavy atom. The molecule has 1 atom stereocenters. The second kappa shape index (κ2) is 6.06. The minimum absolute atomic E-state index is 0.0461. The molecule has 1 aromatic carbocycles. The number of amides is 1. The number of hydrogen-bond donors (Lipinski definition) is 1. The van der Waals surface area contributed by atoms with Gasteiger partial charge in [0.1, 0.15) is 5.82 Å². The summed E-state index contributed by atoms with van der Waals surface area (Å²) in [6, 6.07) is 9.87. The maximum atomic E-state index is 13.2. The van der Waals surface area contributed by atoms with Crippen molar-refractivity contribution >= 4 is 17.4 Å². The van der Waals surface area contributed by atoms with Gasteiger partial charge in [0, 0.05) is 24.0 Å². The fraction of sp³-hybridized carbons (Fsp3) is 0.400. The molecule has 5 heteroatoms.